The fourth-order valence-electron chi connectivity index (χ4n) is 2.78. The summed E-state index contributed by atoms with van der Waals surface area (Å²) in [4.78, 5) is 32.1. The van der Waals surface area contributed by atoms with Crippen molar-refractivity contribution in [2.45, 2.75) is 18.4 Å². The highest BCUT2D eigenvalue weighted by Gasteiger charge is 2.25. The first kappa shape index (κ1) is 17.8. The Morgan fingerprint density at radius 2 is 1.96 bits per heavy atom. The van der Waals surface area contributed by atoms with Gasteiger partial charge in [0.2, 0.25) is 5.91 Å². The number of rotatable bonds is 4. The van der Waals surface area contributed by atoms with E-state index in [1.807, 2.05) is 55.5 Å². The molecule has 2 heterocycles. The second kappa shape index (κ2) is 7.54. The van der Waals surface area contributed by atoms with Gasteiger partial charge in [-0.05, 0) is 31.2 Å². The molecule has 1 aromatic heterocycles. The van der Waals surface area contributed by atoms with Gasteiger partial charge in [-0.15, -0.1) is 23.1 Å². The van der Waals surface area contributed by atoms with Gasteiger partial charge in [-0.2, -0.15) is 0 Å². The summed E-state index contributed by atoms with van der Waals surface area (Å²) in [6, 6.07) is 15.5. The zero-order valence-electron chi connectivity index (χ0n) is 14.6. The third kappa shape index (κ3) is 3.89. The van der Waals surface area contributed by atoms with E-state index in [9.17, 15) is 9.59 Å². The Morgan fingerprint density at radius 3 is 2.78 bits per heavy atom. The van der Waals surface area contributed by atoms with Crippen LogP contribution in [0.5, 0.6) is 0 Å². The van der Waals surface area contributed by atoms with E-state index in [0.29, 0.717) is 18.0 Å². The van der Waals surface area contributed by atoms with Gasteiger partial charge in [0.15, 0.2) is 0 Å². The van der Waals surface area contributed by atoms with Crippen LogP contribution in [0.3, 0.4) is 0 Å². The van der Waals surface area contributed by atoms with Crippen molar-refractivity contribution >= 4 is 46.3 Å². The minimum absolute atomic E-state index is 0.0551. The van der Waals surface area contributed by atoms with Gasteiger partial charge in [0.25, 0.3) is 5.91 Å². The van der Waals surface area contributed by atoms with Gasteiger partial charge >= 0.3 is 0 Å². The van der Waals surface area contributed by atoms with Crippen LogP contribution in [0.2, 0.25) is 0 Å². The zero-order chi connectivity index (χ0) is 18.8. The highest BCUT2D eigenvalue weighted by atomic mass is 32.2. The summed E-state index contributed by atoms with van der Waals surface area (Å²) in [5.74, 6) is 0.227. The number of anilines is 2. The summed E-state index contributed by atoms with van der Waals surface area (Å²) in [5, 5.41) is 5.31. The molecule has 7 heteroatoms. The van der Waals surface area contributed by atoms with Crippen LogP contribution in [0.15, 0.2) is 58.8 Å². The van der Waals surface area contributed by atoms with Crippen molar-refractivity contribution in [2.75, 3.05) is 16.0 Å². The number of amides is 2. The van der Waals surface area contributed by atoms with Crippen molar-refractivity contribution in [3.8, 4) is 0 Å². The molecule has 0 spiro atoms. The summed E-state index contributed by atoms with van der Waals surface area (Å²) in [7, 11) is 0. The number of aromatic nitrogens is 1. The van der Waals surface area contributed by atoms with Crippen LogP contribution < -0.4 is 10.2 Å². The molecule has 2 aromatic carbocycles. The lowest BCUT2D eigenvalue weighted by Crippen LogP contribution is -2.34. The van der Waals surface area contributed by atoms with Gasteiger partial charge in [0.1, 0.15) is 10.7 Å². The molecule has 0 unspecified atom stereocenters. The number of carbonyl (C=O) groups excluding carboxylic acids is 2. The summed E-state index contributed by atoms with van der Waals surface area (Å²) in [6.45, 7) is 2.37. The van der Waals surface area contributed by atoms with Crippen molar-refractivity contribution in [1.82, 2.24) is 4.98 Å². The number of para-hydroxylation sites is 1. The third-order valence-electron chi connectivity index (χ3n) is 4.20. The summed E-state index contributed by atoms with van der Waals surface area (Å²) in [6.07, 6.45) is 0. The smallest absolute Gasteiger partial charge is 0.275 e. The second-order valence-corrected chi connectivity index (χ2v) is 8.14. The standard InChI is InChI=1S/C20H17N3O2S2/c1-13-6-8-14(9-7-13)21-20(25)15-11-27-18(22-15)10-23-16-4-2-3-5-17(16)26-12-19(23)24/h2-9,11H,10,12H2,1H3,(H,21,25). The maximum absolute atomic E-state index is 12.4. The average Bonchev–Trinajstić information content (AvgIpc) is 3.15. The maximum Gasteiger partial charge on any atom is 0.275 e. The normalized spacial score (nSPS) is 13.4. The lowest BCUT2D eigenvalue weighted by Gasteiger charge is -2.28. The average molecular weight is 396 g/mol. The first-order valence-electron chi connectivity index (χ1n) is 8.45. The second-order valence-electron chi connectivity index (χ2n) is 6.18. The van der Waals surface area contributed by atoms with Crippen LogP contribution in [0.25, 0.3) is 0 Å². The van der Waals surface area contributed by atoms with Gasteiger partial charge in [0, 0.05) is 16.0 Å². The molecular weight excluding hydrogens is 378 g/mol. The summed E-state index contributed by atoms with van der Waals surface area (Å²) >= 11 is 2.94. The van der Waals surface area contributed by atoms with E-state index in [4.69, 9.17) is 0 Å². The van der Waals surface area contributed by atoms with Crippen LogP contribution in [0.4, 0.5) is 11.4 Å². The van der Waals surface area contributed by atoms with Gasteiger partial charge in [-0.25, -0.2) is 4.98 Å². The van der Waals surface area contributed by atoms with Gasteiger partial charge in [-0.1, -0.05) is 29.8 Å². The van der Waals surface area contributed by atoms with Crippen molar-refractivity contribution in [3.63, 3.8) is 0 Å². The van der Waals surface area contributed by atoms with E-state index >= 15 is 0 Å². The van der Waals surface area contributed by atoms with Crippen molar-refractivity contribution in [1.29, 1.82) is 0 Å². The molecule has 2 amide bonds. The monoisotopic (exact) mass is 395 g/mol. The van der Waals surface area contributed by atoms with Crippen LogP contribution in [0.1, 0.15) is 21.1 Å². The largest absolute Gasteiger partial charge is 0.321 e. The fourth-order valence-corrected chi connectivity index (χ4v) is 4.48. The molecule has 1 N–H and O–H groups in total. The maximum atomic E-state index is 12.4. The van der Waals surface area contributed by atoms with Crippen LogP contribution in [-0.4, -0.2) is 22.6 Å². The number of hydrogen-bond acceptors (Lipinski definition) is 5. The lowest BCUT2D eigenvalue weighted by molar-refractivity contribution is -0.116. The summed E-state index contributed by atoms with van der Waals surface area (Å²) in [5.41, 5.74) is 3.13. The number of nitrogens with zero attached hydrogens (tertiary/aromatic N) is 2. The molecule has 3 aromatic rings. The number of nitrogens with one attached hydrogen (secondary N) is 1. The van der Waals surface area contributed by atoms with Crippen molar-refractivity contribution in [2.24, 2.45) is 0 Å². The Morgan fingerprint density at radius 1 is 1.19 bits per heavy atom. The Balaban J connectivity index is 1.49. The third-order valence-corrected chi connectivity index (χ3v) is 6.08. The number of thioether (sulfide) groups is 1. The van der Waals surface area contributed by atoms with Gasteiger partial charge < -0.3 is 10.2 Å². The van der Waals surface area contributed by atoms with Crippen molar-refractivity contribution < 1.29 is 9.59 Å². The topological polar surface area (TPSA) is 62.3 Å². The Labute approximate surface area is 165 Å². The first-order chi connectivity index (χ1) is 13.1. The number of hydrogen-bond donors (Lipinski definition) is 1. The molecule has 0 atom stereocenters. The Bertz CT molecular complexity index is 998. The zero-order valence-corrected chi connectivity index (χ0v) is 16.3. The first-order valence-corrected chi connectivity index (χ1v) is 10.3. The molecule has 27 heavy (non-hydrogen) atoms. The molecule has 0 saturated carbocycles. The molecule has 0 bridgehead atoms. The molecule has 136 valence electrons. The number of thiazole rings is 1. The number of benzene rings is 2. The molecule has 0 fully saturated rings. The van der Waals surface area contributed by atoms with Gasteiger partial charge in [-0.3, -0.25) is 9.59 Å². The van der Waals surface area contributed by atoms with Crippen molar-refractivity contribution in [3.05, 3.63) is 70.2 Å². The predicted octanol–water partition coefficient (Wildman–Crippen LogP) is 4.34. The molecule has 0 radical (unpaired) electrons. The number of fused-ring (bicyclic) bond motifs is 1. The molecule has 0 aliphatic carbocycles. The van der Waals surface area contributed by atoms with E-state index < -0.39 is 0 Å². The highest BCUT2D eigenvalue weighted by molar-refractivity contribution is 8.00. The van der Waals surface area contributed by atoms with Crippen LogP contribution >= 0.6 is 23.1 Å². The quantitative estimate of drug-likeness (QED) is 0.714. The molecular formula is C20H17N3O2S2. The fraction of sp³-hybridized carbons (Fsp3) is 0.150. The van der Waals surface area contributed by atoms with E-state index in [0.717, 1.165) is 26.8 Å². The van der Waals surface area contributed by atoms with E-state index in [1.165, 1.54) is 11.3 Å². The van der Waals surface area contributed by atoms with Crippen LogP contribution in [0, 0.1) is 6.92 Å². The SMILES string of the molecule is Cc1ccc(NC(=O)c2csc(CN3C(=O)CSc4ccccc43)n2)cc1. The summed E-state index contributed by atoms with van der Waals surface area (Å²) < 4.78 is 0. The predicted molar refractivity (Wildman–Crippen MR) is 110 cm³/mol. The van der Waals surface area contributed by atoms with E-state index in [-0.39, 0.29) is 11.8 Å². The van der Waals surface area contributed by atoms with Gasteiger partial charge in [0.05, 0.1) is 18.0 Å². The molecule has 1 aliphatic rings. The lowest BCUT2D eigenvalue weighted by atomic mass is 10.2. The molecule has 4 rings (SSSR count). The molecule has 5 nitrogen and oxygen atoms in total. The van der Waals surface area contributed by atoms with E-state index in [1.54, 1.807) is 22.0 Å². The Hall–Kier alpha value is -2.64. The minimum atomic E-state index is -0.248. The Kier molecular flexibility index (Phi) is 4.96. The van der Waals surface area contributed by atoms with Crippen LogP contribution in [-0.2, 0) is 11.3 Å². The molecule has 0 saturated heterocycles. The molecule has 1 aliphatic heterocycles. The minimum Gasteiger partial charge on any atom is -0.321 e. The highest BCUT2D eigenvalue weighted by Crippen LogP contribution is 2.36. The van der Waals surface area contributed by atoms with E-state index in [2.05, 4.69) is 10.3 Å². The number of aryl methyl sites for hydroxylation is 1. The number of carbonyl (C=O) groups is 2.